The van der Waals surface area contributed by atoms with E-state index in [0.717, 1.165) is 12.5 Å². The number of Topliss-reactive ketones (excluding diaryl/α,β-unsaturated/α-hetero) is 1. The summed E-state index contributed by atoms with van der Waals surface area (Å²) in [6, 6.07) is 0. The lowest BCUT2D eigenvalue weighted by Gasteiger charge is -2.68. The van der Waals surface area contributed by atoms with Gasteiger partial charge in [0.1, 0.15) is 11.4 Å². The molecule has 0 aliphatic heterocycles. The Morgan fingerprint density at radius 3 is 2.17 bits per heavy atom. The molecule has 0 aromatic heterocycles. The average molecular weight is 427 g/mol. The van der Waals surface area contributed by atoms with Gasteiger partial charge in [-0.25, -0.2) is 0 Å². The molecular formula is C22H34O8. The fourth-order valence-corrected chi connectivity index (χ4v) is 6.43. The van der Waals surface area contributed by atoms with E-state index in [1.165, 1.54) is 13.8 Å². The predicted molar refractivity (Wildman–Crippen MR) is 106 cm³/mol. The van der Waals surface area contributed by atoms with Crippen molar-refractivity contribution in [1.29, 1.82) is 0 Å². The second-order valence-electron chi connectivity index (χ2n) is 10.3. The van der Waals surface area contributed by atoms with Crippen molar-refractivity contribution < 1.29 is 39.9 Å². The molecule has 0 amide bonds. The fourth-order valence-electron chi connectivity index (χ4n) is 6.43. The van der Waals surface area contributed by atoms with E-state index in [9.17, 15) is 35.1 Å². The molecule has 0 radical (unpaired) electrons. The Bertz CT molecular complexity index is 829. The topological polar surface area (TPSA) is 145 Å². The molecule has 0 aromatic carbocycles. The summed E-state index contributed by atoms with van der Waals surface area (Å²) >= 11 is 0. The zero-order valence-corrected chi connectivity index (χ0v) is 18.6. The Hall–Kier alpha value is -1.32. The minimum Gasteiger partial charge on any atom is -0.453 e. The fraction of sp³-hybridized carbons (Fsp3) is 0.818. The highest BCUT2D eigenvalue weighted by Crippen LogP contribution is 2.65. The number of allylic oxidation sites excluding steroid dienone is 1. The summed E-state index contributed by atoms with van der Waals surface area (Å²) in [6.45, 7) is 8.70. The number of ether oxygens (including phenoxy) is 1. The van der Waals surface area contributed by atoms with E-state index in [2.05, 4.69) is 0 Å². The minimum absolute atomic E-state index is 0.00966. The van der Waals surface area contributed by atoms with Crippen LogP contribution in [0.2, 0.25) is 0 Å². The molecule has 2 saturated carbocycles. The van der Waals surface area contributed by atoms with Crippen molar-refractivity contribution in [2.24, 2.45) is 10.8 Å². The molecule has 0 heterocycles. The van der Waals surface area contributed by atoms with Crippen molar-refractivity contribution in [2.75, 3.05) is 0 Å². The van der Waals surface area contributed by atoms with E-state index in [1.807, 2.05) is 6.92 Å². The van der Waals surface area contributed by atoms with Crippen molar-refractivity contribution >= 4 is 11.8 Å². The molecule has 8 nitrogen and oxygen atoms in total. The third-order valence-corrected chi connectivity index (χ3v) is 8.63. The first kappa shape index (κ1) is 23.3. The standard InChI is InChI=1S/C22H34O8/c1-12-7-10-20(26)17(3,4)14(12)11-16(25)18(5)9-8-15(24)19(6,30-13(2)23)21(18,27)22(20,28)29/h15,24,26-29H,7-11H2,1-6H3/t15?,18-,19-,20-,21+/m0/s1. The van der Waals surface area contributed by atoms with Gasteiger partial charge in [0.05, 0.1) is 11.5 Å². The minimum atomic E-state index is -3.30. The molecule has 0 spiro atoms. The van der Waals surface area contributed by atoms with Gasteiger partial charge in [-0.1, -0.05) is 25.0 Å². The maximum absolute atomic E-state index is 13.6. The quantitative estimate of drug-likeness (QED) is 0.234. The summed E-state index contributed by atoms with van der Waals surface area (Å²) in [4.78, 5) is 25.5. The molecule has 5 atom stereocenters. The summed E-state index contributed by atoms with van der Waals surface area (Å²) in [7, 11) is 0. The highest BCUT2D eigenvalue weighted by molar-refractivity contribution is 5.89. The lowest BCUT2D eigenvalue weighted by molar-refractivity contribution is -0.434. The van der Waals surface area contributed by atoms with Gasteiger partial charge in [0.2, 0.25) is 5.79 Å². The van der Waals surface area contributed by atoms with Crippen LogP contribution in [0.5, 0.6) is 0 Å². The van der Waals surface area contributed by atoms with Crippen LogP contribution in [0.15, 0.2) is 11.1 Å². The van der Waals surface area contributed by atoms with Gasteiger partial charge in [-0.15, -0.1) is 0 Å². The number of aliphatic hydroxyl groups excluding tert-OH is 1. The highest BCUT2D eigenvalue weighted by atomic mass is 16.6. The summed E-state index contributed by atoms with van der Waals surface area (Å²) in [5, 5.41) is 58.0. The van der Waals surface area contributed by atoms with Crippen LogP contribution in [0.4, 0.5) is 0 Å². The third-order valence-electron chi connectivity index (χ3n) is 8.63. The molecule has 2 bridgehead atoms. The van der Waals surface area contributed by atoms with E-state index in [4.69, 9.17) is 4.74 Å². The van der Waals surface area contributed by atoms with Gasteiger partial charge in [-0.2, -0.15) is 0 Å². The second kappa shape index (κ2) is 6.36. The number of carbonyl (C=O) groups excluding carboxylic acids is 2. The summed E-state index contributed by atoms with van der Waals surface area (Å²) < 4.78 is 5.35. The Morgan fingerprint density at radius 2 is 1.63 bits per heavy atom. The number of hydrogen-bond donors (Lipinski definition) is 5. The van der Waals surface area contributed by atoms with Crippen LogP contribution in [-0.4, -0.2) is 66.0 Å². The molecule has 3 aliphatic rings. The van der Waals surface area contributed by atoms with Crippen molar-refractivity contribution in [2.45, 2.75) is 102 Å². The van der Waals surface area contributed by atoms with Gasteiger partial charge in [-0.05, 0) is 46.5 Å². The molecule has 5 N–H and O–H groups in total. The molecule has 1 unspecified atom stereocenters. The van der Waals surface area contributed by atoms with E-state index in [-0.39, 0.29) is 25.7 Å². The Balaban J connectivity index is 2.43. The van der Waals surface area contributed by atoms with Crippen LogP contribution in [0, 0.1) is 10.8 Å². The number of aliphatic hydroxyl groups is 5. The van der Waals surface area contributed by atoms with Crippen molar-refractivity contribution in [1.82, 2.24) is 0 Å². The van der Waals surface area contributed by atoms with Crippen molar-refractivity contribution in [3.8, 4) is 0 Å². The molecule has 170 valence electrons. The molecule has 3 aliphatic carbocycles. The molecule has 0 saturated heterocycles. The van der Waals surface area contributed by atoms with Gasteiger partial charge >= 0.3 is 5.97 Å². The van der Waals surface area contributed by atoms with Gasteiger partial charge in [0.25, 0.3) is 0 Å². The molecule has 8 heteroatoms. The number of fused-ring (bicyclic) bond motifs is 3. The smallest absolute Gasteiger partial charge is 0.303 e. The number of ketones is 1. The van der Waals surface area contributed by atoms with Crippen LogP contribution in [-0.2, 0) is 14.3 Å². The number of rotatable bonds is 1. The van der Waals surface area contributed by atoms with Crippen LogP contribution in [0.1, 0.15) is 73.6 Å². The monoisotopic (exact) mass is 426 g/mol. The predicted octanol–water partition coefficient (Wildman–Crippen LogP) is 0.722. The maximum atomic E-state index is 13.6. The molecule has 2 fully saturated rings. The average Bonchev–Trinajstić information content (AvgIpc) is 2.62. The lowest BCUT2D eigenvalue weighted by atomic mass is 9.43. The normalized spacial score (nSPS) is 45.3. The zero-order chi connectivity index (χ0) is 23.1. The highest BCUT2D eigenvalue weighted by Gasteiger charge is 2.83. The van der Waals surface area contributed by atoms with Gasteiger partial charge < -0.3 is 30.3 Å². The third kappa shape index (κ3) is 2.34. The summed E-state index contributed by atoms with van der Waals surface area (Å²) in [5.74, 6) is -4.63. The molecule has 0 aromatic rings. The number of carbonyl (C=O) groups is 2. The molecule has 30 heavy (non-hydrogen) atoms. The number of hydrogen-bond acceptors (Lipinski definition) is 8. The van der Waals surface area contributed by atoms with E-state index in [1.54, 1.807) is 13.8 Å². The Kier molecular flexibility index (Phi) is 4.95. The Labute approximate surface area is 176 Å². The SMILES string of the molecule is CC(=O)O[C@@]1(C)C(O)CC[C@@]2(C)C(=O)CC3=C(C)CC[C@](O)(C3(C)C)C(O)(O)[C@@]21O. The summed E-state index contributed by atoms with van der Waals surface area (Å²) in [6.07, 6.45) is -1.47. The lowest BCUT2D eigenvalue weighted by Crippen LogP contribution is -2.87. The first-order valence-electron chi connectivity index (χ1n) is 10.4. The van der Waals surface area contributed by atoms with Gasteiger partial charge in [-0.3, -0.25) is 9.59 Å². The van der Waals surface area contributed by atoms with Crippen LogP contribution >= 0.6 is 0 Å². The van der Waals surface area contributed by atoms with Gasteiger partial charge in [0.15, 0.2) is 11.2 Å². The largest absolute Gasteiger partial charge is 0.453 e. The second-order valence-corrected chi connectivity index (χ2v) is 10.3. The molecule has 3 rings (SSSR count). The van der Waals surface area contributed by atoms with Crippen molar-refractivity contribution in [3.63, 3.8) is 0 Å². The molecular weight excluding hydrogens is 392 g/mol. The van der Waals surface area contributed by atoms with Crippen LogP contribution < -0.4 is 0 Å². The van der Waals surface area contributed by atoms with E-state index >= 15 is 0 Å². The van der Waals surface area contributed by atoms with Crippen LogP contribution in [0.25, 0.3) is 0 Å². The van der Waals surface area contributed by atoms with Crippen molar-refractivity contribution in [3.05, 3.63) is 11.1 Å². The van der Waals surface area contributed by atoms with Crippen LogP contribution in [0.3, 0.4) is 0 Å². The zero-order valence-electron chi connectivity index (χ0n) is 18.6. The van der Waals surface area contributed by atoms with Gasteiger partial charge in [0, 0.05) is 18.8 Å². The Morgan fingerprint density at radius 1 is 1.07 bits per heavy atom. The number of esters is 1. The first-order chi connectivity index (χ1) is 13.4. The van der Waals surface area contributed by atoms with E-state index in [0.29, 0.717) is 12.0 Å². The van der Waals surface area contributed by atoms with E-state index < -0.39 is 51.3 Å². The summed E-state index contributed by atoms with van der Waals surface area (Å²) in [5.41, 5.74) is -9.04. The maximum Gasteiger partial charge on any atom is 0.303 e. The first-order valence-corrected chi connectivity index (χ1v) is 10.4.